The number of thiazole rings is 1. The molecule has 0 fully saturated rings. The Bertz CT molecular complexity index is 676. The Morgan fingerprint density at radius 2 is 2.15 bits per heavy atom. The monoisotopic (exact) mass is 288 g/mol. The Kier molecular flexibility index (Phi) is 4.05. The first-order valence-electron chi connectivity index (χ1n) is 6.40. The van der Waals surface area contributed by atoms with Gasteiger partial charge in [-0.05, 0) is 25.8 Å². The minimum atomic E-state index is -0.858. The number of carbonyl (C=O) groups excluding carboxylic acids is 1. The molecular formula is C15H16N2O2S. The summed E-state index contributed by atoms with van der Waals surface area (Å²) in [6.07, 6.45) is 0. The maximum Gasteiger partial charge on any atom is 0.190 e. The summed E-state index contributed by atoms with van der Waals surface area (Å²) >= 11 is 1.36. The Labute approximate surface area is 122 Å². The highest BCUT2D eigenvalue weighted by Crippen LogP contribution is 2.28. The molecule has 0 aliphatic rings. The van der Waals surface area contributed by atoms with Gasteiger partial charge in [0.2, 0.25) is 0 Å². The molecule has 0 spiro atoms. The lowest BCUT2D eigenvalue weighted by Gasteiger charge is -2.04. The van der Waals surface area contributed by atoms with Crippen molar-refractivity contribution in [2.75, 3.05) is 0 Å². The van der Waals surface area contributed by atoms with Crippen LogP contribution in [0.2, 0.25) is 0 Å². The zero-order valence-electron chi connectivity index (χ0n) is 11.9. The van der Waals surface area contributed by atoms with Crippen molar-refractivity contribution in [2.24, 2.45) is 0 Å². The second-order valence-corrected chi connectivity index (χ2v) is 5.91. The van der Waals surface area contributed by atoms with Crippen molar-refractivity contribution in [3.63, 3.8) is 0 Å². The zero-order chi connectivity index (χ0) is 14.9. The number of ketones is 1. The molecule has 4 nitrogen and oxygen atoms in total. The van der Waals surface area contributed by atoms with E-state index in [0.717, 1.165) is 5.69 Å². The molecule has 0 radical (unpaired) electrons. The van der Waals surface area contributed by atoms with Gasteiger partial charge in [0.25, 0.3) is 0 Å². The summed E-state index contributed by atoms with van der Waals surface area (Å²) in [7, 11) is 0. The molecule has 0 N–H and O–H groups in total. The third-order valence-electron chi connectivity index (χ3n) is 3.08. The predicted molar refractivity (Wildman–Crippen MR) is 77.1 cm³/mol. The lowest BCUT2D eigenvalue weighted by molar-refractivity contribution is 0.0977. The molecule has 2 aromatic rings. The van der Waals surface area contributed by atoms with Crippen molar-refractivity contribution in [3.05, 3.63) is 39.2 Å². The normalized spacial score (nSPS) is 12.4. The summed E-state index contributed by atoms with van der Waals surface area (Å²) in [4.78, 5) is 16.9. The molecule has 1 atom stereocenters. The van der Waals surface area contributed by atoms with Crippen molar-refractivity contribution < 1.29 is 9.21 Å². The van der Waals surface area contributed by atoms with E-state index in [1.807, 2.05) is 19.2 Å². The second-order valence-electron chi connectivity index (χ2n) is 5.02. The van der Waals surface area contributed by atoms with Gasteiger partial charge in [-0.2, -0.15) is 5.26 Å². The van der Waals surface area contributed by atoms with Gasteiger partial charge in [-0.3, -0.25) is 4.79 Å². The number of hydrogen-bond acceptors (Lipinski definition) is 5. The summed E-state index contributed by atoms with van der Waals surface area (Å²) in [5, 5.41) is 11.8. The fraction of sp³-hybridized carbons (Fsp3) is 0.400. The number of aryl methyl sites for hydroxylation is 2. The number of hydrogen-bond donors (Lipinski definition) is 0. The number of rotatable bonds is 4. The topological polar surface area (TPSA) is 66.9 Å². The number of nitrogens with zero attached hydrogens (tertiary/aromatic N) is 2. The molecule has 0 saturated heterocycles. The highest BCUT2D eigenvalue weighted by Gasteiger charge is 2.28. The zero-order valence-corrected chi connectivity index (χ0v) is 12.7. The van der Waals surface area contributed by atoms with Gasteiger partial charge in [0.15, 0.2) is 11.7 Å². The van der Waals surface area contributed by atoms with E-state index in [2.05, 4.69) is 11.1 Å². The van der Waals surface area contributed by atoms with Gasteiger partial charge >= 0.3 is 0 Å². The summed E-state index contributed by atoms with van der Waals surface area (Å²) in [6.45, 7) is 7.58. The molecule has 2 rings (SSSR count). The quantitative estimate of drug-likeness (QED) is 0.798. The Morgan fingerprint density at radius 3 is 2.60 bits per heavy atom. The fourth-order valence-corrected chi connectivity index (χ4v) is 2.98. The van der Waals surface area contributed by atoms with Crippen LogP contribution in [0.4, 0.5) is 0 Å². The molecule has 0 saturated carbocycles. The highest BCUT2D eigenvalue weighted by molar-refractivity contribution is 7.10. The van der Waals surface area contributed by atoms with Crippen molar-refractivity contribution in [2.45, 2.75) is 39.5 Å². The van der Waals surface area contributed by atoms with Crippen LogP contribution in [-0.4, -0.2) is 10.8 Å². The van der Waals surface area contributed by atoms with Gasteiger partial charge in [-0.15, -0.1) is 11.3 Å². The van der Waals surface area contributed by atoms with Crippen LogP contribution in [0.1, 0.15) is 58.3 Å². The molecule has 0 unspecified atom stereocenters. The Hall–Kier alpha value is -1.93. The van der Waals surface area contributed by atoms with Crippen LogP contribution in [0.3, 0.4) is 0 Å². The molecule has 0 amide bonds. The predicted octanol–water partition coefficient (Wildman–Crippen LogP) is 3.97. The molecular weight excluding hydrogens is 272 g/mol. The molecule has 0 aliphatic carbocycles. The fourth-order valence-electron chi connectivity index (χ4n) is 1.96. The largest absolute Gasteiger partial charge is 0.466 e. The van der Waals surface area contributed by atoms with E-state index in [4.69, 9.17) is 4.42 Å². The third-order valence-corrected chi connectivity index (χ3v) is 4.00. The van der Waals surface area contributed by atoms with Gasteiger partial charge in [0, 0.05) is 5.38 Å². The van der Waals surface area contributed by atoms with E-state index in [1.54, 1.807) is 19.9 Å². The number of aromatic nitrogens is 1. The lowest BCUT2D eigenvalue weighted by atomic mass is 9.99. The van der Waals surface area contributed by atoms with Gasteiger partial charge in [0.05, 0.1) is 17.3 Å². The Balaban J connectivity index is 2.35. The van der Waals surface area contributed by atoms with E-state index in [0.29, 0.717) is 22.1 Å². The number of Topliss-reactive ketones (excluding diaryl/α,β-unsaturated/α-hetero) is 1. The second kappa shape index (κ2) is 5.59. The molecule has 2 heterocycles. The van der Waals surface area contributed by atoms with Crippen LogP contribution >= 0.6 is 11.3 Å². The van der Waals surface area contributed by atoms with Gasteiger partial charge < -0.3 is 4.42 Å². The van der Waals surface area contributed by atoms with Crippen molar-refractivity contribution >= 4 is 17.1 Å². The van der Waals surface area contributed by atoms with E-state index < -0.39 is 5.92 Å². The van der Waals surface area contributed by atoms with Crippen LogP contribution in [0, 0.1) is 25.2 Å². The van der Waals surface area contributed by atoms with Crippen LogP contribution in [0.15, 0.2) is 15.9 Å². The van der Waals surface area contributed by atoms with Crippen LogP contribution in [-0.2, 0) is 0 Å². The first-order valence-corrected chi connectivity index (χ1v) is 7.28. The minimum Gasteiger partial charge on any atom is -0.466 e. The SMILES string of the molecule is Cc1cc(C(=O)[C@H](C#N)c2nc(C(C)C)cs2)c(C)o1. The molecule has 104 valence electrons. The number of carbonyl (C=O) groups is 1. The molecule has 0 bridgehead atoms. The molecule has 0 aliphatic heterocycles. The van der Waals surface area contributed by atoms with Crippen LogP contribution in [0.25, 0.3) is 0 Å². The molecule has 0 aromatic carbocycles. The summed E-state index contributed by atoms with van der Waals surface area (Å²) in [5.41, 5.74) is 1.38. The number of furan rings is 1. The summed E-state index contributed by atoms with van der Waals surface area (Å²) in [6, 6.07) is 3.74. The Morgan fingerprint density at radius 1 is 1.45 bits per heavy atom. The molecule has 2 aromatic heterocycles. The van der Waals surface area contributed by atoms with E-state index >= 15 is 0 Å². The lowest BCUT2D eigenvalue weighted by Crippen LogP contribution is -2.11. The average Bonchev–Trinajstić information content (AvgIpc) is 2.97. The van der Waals surface area contributed by atoms with E-state index in [9.17, 15) is 10.1 Å². The van der Waals surface area contributed by atoms with Crippen molar-refractivity contribution in [1.29, 1.82) is 5.26 Å². The van der Waals surface area contributed by atoms with Crippen molar-refractivity contribution in [3.8, 4) is 6.07 Å². The minimum absolute atomic E-state index is 0.244. The summed E-state index contributed by atoms with van der Waals surface area (Å²) < 4.78 is 5.36. The van der Waals surface area contributed by atoms with Crippen LogP contribution < -0.4 is 0 Å². The summed E-state index contributed by atoms with van der Waals surface area (Å²) in [5.74, 6) is 0.403. The molecule has 20 heavy (non-hydrogen) atoms. The maximum atomic E-state index is 12.5. The van der Waals surface area contributed by atoms with Gasteiger partial charge in [0.1, 0.15) is 16.5 Å². The van der Waals surface area contributed by atoms with Crippen molar-refractivity contribution in [1.82, 2.24) is 4.98 Å². The van der Waals surface area contributed by atoms with Gasteiger partial charge in [-0.1, -0.05) is 13.8 Å². The smallest absolute Gasteiger partial charge is 0.190 e. The first-order chi connectivity index (χ1) is 9.43. The standard InChI is InChI=1S/C15H16N2O2S/c1-8(2)13-7-20-15(17-13)12(6-16)14(18)11-5-9(3)19-10(11)4/h5,7-8,12H,1-4H3/t12-/m0/s1. The van der Waals surface area contributed by atoms with Gasteiger partial charge in [-0.25, -0.2) is 4.98 Å². The first kappa shape index (κ1) is 14.5. The maximum absolute atomic E-state index is 12.5. The van der Waals surface area contributed by atoms with E-state index in [-0.39, 0.29) is 11.7 Å². The number of nitriles is 1. The highest BCUT2D eigenvalue weighted by atomic mass is 32.1. The molecule has 5 heteroatoms. The third kappa shape index (κ3) is 2.66. The average molecular weight is 288 g/mol. The van der Waals surface area contributed by atoms with Crippen LogP contribution in [0.5, 0.6) is 0 Å². The van der Waals surface area contributed by atoms with E-state index in [1.165, 1.54) is 11.3 Å².